The first kappa shape index (κ1) is 14.3. The zero-order valence-corrected chi connectivity index (χ0v) is 9.88. The van der Waals surface area contributed by atoms with Crippen LogP contribution in [-0.2, 0) is 0 Å². The van der Waals surface area contributed by atoms with Crippen LogP contribution in [0.4, 0.5) is 24.8 Å². The summed E-state index contributed by atoms with van der Waals surface area (Å²) in [6.45, 7) is 1.39. The molecule has 0 radical (unpaired) electrons. The Labute approximate surface area is 102 Å². The first-order chi connectivity index (χ1) is 8.37. The number of hydrogen-bond donors (Lipinski definition) is 3. The van der Waals surface area contributed by atoms with Crippen molar-refractivity contribution >= 4 is 11.6 Å². The lowest BCUT2D eigenvalue weighted by Gasteiger charge is -2.18. The summed E-state index contributed by atoms with van der Waals surface area (Å²) in [4.78, 5) is 7.59. The van der Waals surface area contributed by atoms with E-state index >= 15 is 0 Å². The molecule has 6 nitrogen and oxygen atoms in total. The van der Waals surface area contributed by atoms with Crippen LogP contribution in [0, 0.1) is 0 Å². The van der Waals surface area contributed by atoms with Gasteiger partial charge in [-0.05, 0) is 6.92 Å². The number of halogens is 3. The van der Waals surface area contributed by atoms with Crippen molar-refractivity contribution in [3.63, 3.8) is 0 Å². The van der Waals surface area contributed by atoms with Gasteiger partial charge in [-0.15, -0.1) is 0 Å². The van der Waals surface area contributed by atoms with Gasteiger partial charge < -0.3 is 15.5 Å². The zero-order valence-electron chi connectivity index (χ0n) is 9.88. The lowest BCUT2D eigenvalue weighted by Crippen LogP contribution is -2.25. The Morgan fingerprint density at radius 3 is 2.50 bits per heavy atom. The third-order valence-electron chi connectivity index (χ3n) is 2.07. The molecule has 1 unspecified atom stereocenters. The second kappa shape index (κ2) is 5.71. The van der Waals surface area contributed by atoms with E-state index in [2.05, 4.69) is 20.7 Å². The lowest BCUT2D eigenvalue weighted by molar-refractivity contribution is -0.136. The van der Waals surface area contributed by atoms with E-state index in [0.29, 0.717) is 0 Å². The number of anilines is 2. The van der Waals surface area contributed by atoms with Crippen molar-refractivity contribution in [2.45, 2.75) is 25.6 Å². The number of alkyl halides is 3. The molecular weight excluding hydrogens is 251 g/mol. The standard InChI is InChI=1S/C9H14F3N5O/c1-5(3-9(10,11)12)16-7-6(18-2)8(17-13)15-4-14-7/h4-5H,3,13H2,1-2H3,(H2,14,15,16,17). The summed E-state index contributed by atoms with van der Waals surface area (Å²) in [5.74, 6) is 5.70. The predicted molar refractivity (Wildman–Crippen MR) is 60.2 cm³/mol. The van der Waals surface area contributed by atoms with E-state index < -0.39 is 18.6 Å². The third kappa shape index (κ3) is 3.91. The fraction of sp³-hybridized carbons (Fsp3) is 0.556. The molecule has 0 aliphatic heterocycles. The van der Waals surface area contributed by atoms with Crippen LogP contribution in [0.25, 0.3) is 0 Å². The minimum atomic E-state index is -4.25. The molecule has 0 spiro atoms. The molecule has 0 saturated heterocycles. The van der Waals surface area contributed by atoms with Gasteiger partial charge in [-0.3, -0.25) is 0 Å². The fourth-order valence-corrected chi connectivity index (χ4v) is 1.40. The van der Waals surface area contributed by atoms with Gasteiger partial charge in [-0.1, -0.05) is 0 Å². The molecule has 0 aromatic carbocycles. The van der Waals surface area contributed by atoms with Gasteiger partial charge in [0.15, 0.2) is 11.6 Å². The van der Waals surface area contributed by atoms with Gasteiger partial charge in [0.1, 0.15) is 6.33 Å². The topological polar surface area (TPSA) is 85.1 Å². The molecule has 0 aliphatic rings. The number of ether oxygens (including phenoxy) is 1. The molecule has 0 aliphatic carbocycles. The minimum absolute atomic E-state index is 0.150. The van der Waals surface area contributed by atoms with Gasteiger partial charge in [0, 0.05) is 6.04 Å². The first-order valence-corrected chi connectivity index (χ1v) is 5.06. The van der Waals surface area contributed by atoms with E-state index in [1.54, 1.807) is 0 Å². The monoisotopic (exact) mass is 265 g/mol. The molecule has 4 N–H and O–H groups in total. The van der Waals surface area contributed by atoms with Crippen molar-refractivity contribution in [3.05, 3.63) is 6.33 Å². The number of methoxy groups -OCH3 is 1. The molecule has 1 rings (SSSR count). The first-order valence-electron chi connectivity index (χ1n) is 5.06. The normalized spacial score (nSPS) is 13.0. The van der Waals surface area contributed by atoms with E-state index in [4.69, 9.17) is 10.6 Å². The second-order valence-electron chi connectivity index (χ2n) is 3.61. The van der Waals surface area contributed by atoms with Crippen LogP contribution in [0.5, 0.6) is 5.75 Å². The van der Waals surface area contributed by atoms with Crippen LogP contribution in [0.2, 0.25) is 0 Å². The highest BCUT2D eigenvalue weighted by atomic mass is 19.4. The fourth-order valence-electron chi connectivity index (χ4n) is 1.40. The van der Waals surface area contributed by atoms with E-state index in [1.165, 1.54) is 20.4 Å². The molecule has 102 valence electrons. The molecule has 9 heteroatoms. The molecule has 1 aromatic rings. The van der Waals surface area contributed by atoms with Gasteiger partial charge in [0.05, 0.1) is 13.5 Å². The molecule has 18 heavy (non-hydrogen) atoms. The van der Waals surface area contributed by atoms with Crippen molar-refractivity contribution in [2.75, 3.05) is 17.9 Å². The third-order valence-corrected chi connectivity index (χ3v) is 2.07. The average molecular weight is 265 g/mol. The maximum Gasteiger partial charge on any atom is 0.391 e. The number of nitrogens with two attached hydrogens (primary N) is 1. The Morgan fingerprint density at radius 2 is 2.00 bits per heavy atom. The summed E-state index contributed by atoms with van der Waals surface area (Å²) in [5, 5.41) is 2.60. The number of nitrogens with one attached hydrogen (secondary N) is 2. The smallest absolute Gasteiger partial charge is 0.391 e. The molecule has 0 saturated carbocycles. The molecule has 1 atom stereocenters. The highest BCUT2D eigenvalue weighted by Crippen LogP contribution is 2.30. The SMILES string of the molecule is COc1c(NN)ncnc1NC(C)CC(F)(F)F. The zero-order chi connectivity index (χ0) is 13.8. The minimum Gasteiger partial charge on any atom is -0.490 e. The van der Waals surface area contributed by atoms with Gasteiger partial charge in [0.2, 0.25) is 5.75 Å². The van der Waals surface area contributed by atoms with Crippen LogP contribution in [0.1, 0.15) is 13.3 Å². The Bertz CT molecular complexity index is 398. The van der Waals surface area contributed by atoms with Crippen LogP contribution >= 0.6 is 0 Å². The number of hydrazine groups is 1. The van der Waals surface area contributed by atoms with Gasteiger partial charge in [0.25, 0.3) is 0 Å². The van der Waals surface area contributed by atoms with Crippen molar-refractivity contribution in [1.29, 1.82) is 0 Å². The number of hydrogen-bond acceptors (Lipinski definition) is 6. The highest BCUT2D eigenvalue weighted by molar-refractivity contribution is 5.63. The van der Waals surface area contributed by atoms with Crippen molar-refractivity contribution in [3.8, 4) is 5.75 Å². The summed E-state index contributed by atoms with van der Waals surface area (Å²) < 4.78 is 41.6. The van der Waals surface area contributed by atoms with E-state index in [9.17, 15) is 13.2 Å². The lowest BCUT2D eigenvalue weighted by atomic mass is 10.2. The summed E-state index contributed by atoms with van der Waals surface area (Å²) in [7, 11) is 1.35. The quantitative estimate of drug-likeness (QED) is 0.553. The van der Waals surface area contributed by atoms with Crippen molar-refractivity contribution in [1.82, 2.24) is 9.97 Å². The molecule has 1 aromatic heterocycles. The number of nitrogens with zero attached hydrogens (tertiary/aromatic N) is 2. The van der Waals surface area contributed by atoms with Crippen LogP contribution < -0.4 is 21.3 Å². The Morgan fingerprint density at radius 1 is 1.39 bits per heavy atom. The highest BCUT2D eigenvalue weighted by Gasteiger charge is 2.30. The molecule has 0 fully saturated rings. The van der Waals surface area contributed by atoms with Crippen LogP contribution in [0.3, 0.4) is 0 Å². The molecule has 0 amide bonds. The molecular formula is C9H14F3N5O. The molecule has 0 bridgehead atoms. The molecule has 1 heterocycles. The summed E-state index contributed by atoms with van der Waals surface area (Å²) in [5.41, 5.74) is 2.27. The van der Waals surface area contributed by atoms with Crippen molar-refractivity contribution in [2.24, 2.45) is 5.84 Å². The Kier molecular flexibility index (Phi) is 4.54. The predicted octanol–water partition coefficient (Wildman–Crippen LogP) is 1.52. The Balaban J connectivity index is 2.84. The summed E-state index contributed by atoms with van der Waals surface area (Å²) in [6, 6.07) is -0.848. The summed E-state index contributed by atoms with van der Waals surface area (Å²) >= 11 is 0. The van der Waals surface area contributed by atoms with E-state index in [-0.39, 0.29) is 17.4 Å². The van der Waals surface area contributed by atoms with E-state index in [0.717, 1.165) is 0 Å². The number of rotatable bonds is 5. The van der Waals surface area contributed by atoms with Gasteiger partial charge in [-0.2, -0.15) is 13.2 Å². The van der Waals surface area contributed by atoms with Crippen molar-refractivity contribution < 1.29 is 17.9 Å². The maximum atomic E-state index is 12.2. The summed E-state index contributed by atoms with van der Waals surface area (Å²) in [6.07, 6.45) is -4.06. The average Bonchev–Trinajstić information content (AvgIpc) is 2.25. The van der Waals surface area contributed by atoms with E-state index in [1.807, 2.05) is 0 Å². The van der Waals surface area contributed by atoms with Gasteiger partial charge >= 0.3 is 6.18 Å². The maximum absolute atomic E-state index is 12.2. The number of aromatic nitrogens is 2. The number of nitrogen functional groups attached to an aromatic ring is 1. The second-order valence-corrected chi connectivity index (χ2v) is 3.61. The van der Waals surface area contributed by atoms with Gasteiger partial charge in [-0.25, -0.2) is 15.8 Å². The largest absolute Gasteiger partial charge is 0.490 e. The van der Waals surface area contributed by atoms with Crippen LogP contribution in [0.15, 0.2) is 6.33 Å². The van der Waals surface area contributed by atoms with Crippen LogP contribution in [-0.4, -0.2) is 29.3 Å². The Hall–Kier alpha value is -1.77.